The van der Waals surface area contributed by atoms with Gasteiger partial charge in [-0.15, -0.1) is 0 Å². The second-order valence-electron chi connectivity index (χ2n) is 3.89. The van der Waals surface area contributed by atoms with Gasteiger partial charge in [0.1, 0.15) is 18.5 Å². The highest BCUT2D eigenvalue weighted by atomic mass is 79.9. The summed E-state index contributed by atoms with van der Waals surface area (Å²) in [5.41, 5.74) is 0. The van der Waals surface area contributed by atoms with E-state index >= 15 is 0 Å². The molecular formula is C12H18BrNO4. The number of halogens is 1. The predicted molar refractivity (Wildman–Crippen MR) is 71.6 cm³/mol. The summed E-state index contributed by atoms with van der Waals surface area (Å²) in [6, 6.07) is 6.93. The van der Waals surface area contributed by atoms with Crippen LogP contribution in [0, 0.1) is 0 Å². The molecule has 0 fully saturated rings. The van der Waals surface area contributed by atoms with Crippen molar-refractivity contribution >= 4 is 15.9 Å². The van der Waals surface area contributed by atoms with Crippen LogP contribution >= 0.6 is 15.9 Å². The Morgan fingerprint density at radius 1 is 1.28 bits per heavy atom. The van der Waals surface area contributed by atoms with Gasteiger partial charge in [0.25, 0.3) is 0 Å². The van der Waals surface area contributed by atoms with Gasteiger partial charge in [0.05, 0.1) is 19.3 Å². The van der Waals surface area contributed by atoms with Crippen molar-refractivity contribution in [2.24, 2.45) is 0 Å². The summed E-state index contributed by atoms with van der Waals surface area (Å²) in [5, 5.41) is 30.2. The van der Waals surface area contributed by atoms with Crippen LogP contribution in [0.4, 0.5) is 0 Å². The Labute approximate surface area is 115 Å². The van der Waals surface area contributed by atoms with Gasteiger partial charge in [-0.3, -0.25) is 0 Å². The summed E-state index contributed by atoms with van der Waals surface area (Å²) in [4.78, 5) is 0. The van der Waals surface area contributed by atoms with Gasteiger partial charge in [0.2, 0.25) is 0 Å². The van der Waals surface area contributed by atoms with Gasteiger partial charge in [-0.05, 0) is 18.2 Å². The Hall–Kier alpha value is -0.660. The SMILES string of the molecule is OCC(CO)NCC(O)COc1cccc(Br)c1. The number of rotatable bonds is 8. The fourth-order valence-electron chi connectivity index (χ4n) is 1.30. The van der Waals surface area contributed by atoms with Crippen LogP contribution in [0.3, 0.4) is 0 Å². The molecule has 0 amide bonds. The molecule has 0 saturated carbocycles. The Balaban J connectivity index is 2.26. The van der Waals surface area contributed by atoms with Crippen molar-refractivity contribution in [2.75, 3.05) is 26.4 Å². The van der Waals surface area contributed by atoms with E-state index in [-0.39, 0.29) is 26.4 Å². The number of aliphatic hydroxyl groups excluding tert-OH is 3. The van der Waals surface area contributed by atoms with Crippen LogP contribution in [0.25, 0.3) is 0 Å². The monoisotopic (exact) mass is 319 g/mol. The lowest BCUT2D eigenvalue weighted by molar-refractivity contribution is 0.0929. The van der Waals surface area contributed by atoms with Crippen molar-refractivity contribution in [2.45, 2.75) is 12.1 Å². The number of ether oxygens (including phenoxy) is 1. The van der Waals surface area contributed by atoms with E-state index in [9.17, 15) is 5.11 Å². The first kappa shape index (κ1) is 15.4. The first-order chi connectivity index (χ1) is 8.65. The number of nitrogens with one attached hydrogen (secondary N) is 1. The van der Waals surface area contributed by atoms with E-state index < -0.39 is 12.1 Å². The number of hydrogen-bond donors (Lipinski definition) is 4. The van der Waals surface area contributed by atoms with Crippen LogP contribution in [0.1, 0.15) is 0 Å². The van der Waals surface area contributed by atoms with Gasteiger partial charge in [-0.1, -0.05) is 22.0 Å². The normalized spacial score (nSPS) is 12.7. The van der Waals surface area contributed by atoms with E-state index in [1.54, 1.807) is 6.07 Å². The van der Waals surface area contributed by atoms with E-state index in [4.69, 9.17) is 14.9 Å². The maximum atomic E-state index is 9.66. The summed E-state index contributed by atoms with van der Waals surface area (Å²) in [6.45, 7) is 0.0538. The highest BCUT2D eigenvalue weighted by Gasteiger charge is 2.09. The molecule has 1 aromatic rings. The molecule has 1 rings (SSSR count). The molecule has 5 nitrogen and oxygen atoms in total. The standard InChI is InChI=1S/C12H18BrNO4/c13-9-2-1-3-12(4-9)18-8-11(17)5-14-10(6-15)7-16/h1-4,10-11,14-17H,5-8H2. The second-order valence-corrected chi connectivity index (χ2v) is 4.81. The first-order valence-electron chi connectivity index (χ1n) is 5.67. The smallest absolute Gasteiger partial charge is 0.120 e. The van der Waals surface area contributed by atoms with E-state index in [2.05, 4.69) is 21.2 Å². The molecular weight excluding hydrogens is 302 g/mol. The lowest BCUT2D eigenvalue weighted by Crippen LogP contribution is -2.41. The Kier molecular flexibility index (Phi) is 7.22. The molecule has 0 aliphatic carbocycles. The minimum absolute atomic E-state index is 0.146. The Bertz CT molecular complexity index is 347. The predicted octanol–water partition coefficient (Wildman–Crippen LogP) is 0.132. The summed E-state index contributed by atoms with van der Waals surface area (Å²) in [5.74, 6) is 0.671. The van der Waals surface area contributed by atoms with Gasteiger partial charge in [-0.2, -0.15) is 0 Å². The van der Waals surface area contributed by atoms with E-state index in [0.29, 0.717) is 5.75 Å². The maximum absolute atomic E-state index is 9.66. The zero-order valence-electron chi connectivity index (χ0n) is 9.92. The van der Waals surface area contributed by atoms with Crippen molar-refractivity contribution in [1.29, 1.82) is 0 Å². The van der Waals surface area contributed by atoms with Gasteiger partial charge >= 0.3 is 0 Å². The number of benzene rings is 1. The molecule has 102 valence electrons. The molecule has 1 unspecified atom stereocenters. The van der Waals surface area contributed by atoms with Crippen molar-refractivity contribution in [3.63, 3.8) is 0 Å². The molecule has 4 N–H and O–H groups in total. The molecule has 0 bridgehead atoms. The largest absolute Gasteiger partial charge is 0.491 e. The Morgan fingerprint density at radius 3 is 2.61 bits per heavy atom. The Morgan fingerprint density at radius 2 is 2.00 bits per heavy atom. The molecule has 18 heavy (non-hydrogen) atoms. The molecule has 0 aliphatic rings. The van der Waals surface area contributed by atoms with E-state index in [0.717, 1.165) is 4.47 Å². The van der Waals surface area contributed by atoms with Crippen molar-refractivity contribution < 1.29 is 20.1 Å². The van der Waals surface area contributed by atoms with Crippen LogP contribution < -0.4 is 10.1 Å². The minimum atomic E-state index is -0.704. The average molecular weight is 320 g/mol. The van der Waals surface area contributed by atoms with Gasteiger partial charge in [-0.25, -0.2) is 0 Å². The average Bonchev–Trinajstić information content (AvgIpc) is 2.37. The highest BCUT2D eigenvalue weighted by molar-refractivity contribution is 9.10. The van der Waals surface area contributed by atoms with Crippen LogP contribution in [-0.4, -0.2) is 53.8 Å². The lowest BCUT2D eigenvalue weighted by Gasteiger charge is -2.17. The molecule has 0 spiro atoms. The highest BCUT2D eigenvalue weighted by Crippen LogP contribution is 2.17. The van der Waals surface area contributed by atoms with Crippen molar-refractivity contribution in [1.82, 2.24) is 5.32 Å². The molecule has 0 saturated heterocycles. The van der Waals surface area contributed by atoms with Crippen LogP contribution in [0.2, 0.25) is 0 Å². The molecule has 1 aromatic carbocycles. The zero-order chi connectivity index (χ0) is 13.4. The van der Waals surface area contributed by atoms with E-state index in [1.807, 2.05) is 18.2 Å². The maximum Gasteiger partial charge on any atom is 0.120 e. The topological polar surface area (TPSA) is 82.0 Å². The van der Waals surface area contributed by atoms with Crippen molar-refractivity contribution in [3.05, 3.63) is 28.7 Å². The first-order valence-corrected chi connectivity index (χ1v) is 6.46. The van der Waals surface area contributed by atoms with Crippen molar-refractivity contribution in [3.8, 4) is 5.75 Å². The zero-order valence-corrected chi connectivity index (χ0v) is 11.5. The van der Waals surface area contributed by atoms with Gasteiger partial charge < -0.3 is 25.4 Å². The number of hydrogen-bond acceptors (Lipinski definition) is 5. The van der Waals surface area contributed by atoms with Gasteiger partial charge in [0, 0.05) is 11.0 Å². The van der Waals surface area contributed by atoms with Gasteiger partial charge in [0.15, 0.2) is 0 Å². The molecule has 0 aliphatic heterocycles. The fourth-order valence-corrected chi connectivity index (χ4v) is 1.68. The third-order valence-electron chi connectivity index (χ3n) is 2.32. The molecule has 0 aromatic heterocycles. The quantitative estimate of drug-likeness (QED) is 0.547. The van der Waals surface area contributed by atoms with Crippen LogP contribution in [-0.2, 0) is 0 Å². The summed E-state index contributed by atoms with van der Waals surface area (Å²) in [7, 11) is 0. The molecule has 0 radical (unpaired) electrons. The lowest BCUT2D eigenvalue weighted by atomic mass is 10.3. The third-order valence-corrected chi connectivity index (χ3v) is 2.81. The van der Waals surface area contributed by atoms with E-state index in [1.165, 1.54) is 0 Å². The van der Waals surface area contributed by atoms with Crippen LogP contribution in [0.15, 0.2) is 28.7 Å². The minimum Gasteiger partial charge on any atom is -0.491 e. The summed E-state index contributed by atoms with van der Waals surface area (Å²) in [6.07, 6.45) is -0.704. The fraction of sp³-hybridized carbons (Fsp3) is 0.500. The third kappa shape index (κ3) is 5.79. The second kappa shape index (κ2) is 8.44. The van der Waals surface area contributed by atoms with Crippen LogP contribution in [0.5, 0.6) is 5.75 Å². The number of aliphatic hydroxyl groups is 3. The molecule has 0 heterocycles. The molecule has 6 heteroatoms. The summed E-state index contributed by atoms with van der Waals surface area (Å²) < 4.78 is 6.31. The summed E-state index contributed by atoms with van der Waals surface area (Å²) >= 11 is 3.33. The molecule has 1 atom stereocenters.